The number of rotatable bonds is 22. The number of aliphatic hydroxyl groups excluding tert-OH is 1. The normalized spacial score (nSPS) is 18.3. The highest BCUT2D eigenvalue weighted by atomic mass is 16.4. The van der Waals surface area contributed by atoms with Gasteiger partial charge in [-0.15, -0.1) is 0 Å². The van der Waals surface area contributed by atoms with Crippen molar-refractivity contribution in [2.45, 2.75) is 142 Å². The third-order valence-electron chi connectivity index (χ3n) is 7.46. The number of aliphatic hydroxyl groups is 1. The van der Waals surface area contributed by atoms with Crippen LogP contribution in [0.2, 0.25) is 0 Å². The number of nitrogens with zero attached hydrogens (tertiary/aromatic N) is 3. The number of carboxylic acids is 2. The highest BCUT2D eigenvalue weighted by Gasteiger charge is 2.47. The Labute approximate surface area is 239 Å². The molecule has 0 aromatic carbocycles. The highest BCUT2D eigenvalue weighted by molar-refractivity contribution is 5.82. The van der Waals surface area contributed by atoms with Crippen LogP contribution in [0.5, 0.6) is 0 Å². The van der Waals surface area contributed by atoms with E-state index in [0.717, 1.165) is 25.1 Å². The van der Waals surface area contributed by atoms with Gasteiger partial charge in [0.2, 0.25) is 5.84 Å². The number of unbranched alkanes of at least 4 members (excludes halogenated alkanes) is 15. The summed E-state index contributed by atoms with van der Waals surface area (Å²) in [5.41, 5.74) is 0. The van der Waals surface area contributed by atoms with Crippen molar-refractivity contribution in [3.05, 3.63) is 12.4 Å². The summed E-state index contributed by atoms with van der Waals surface area (Å²) in [6.07, 6.45) is 24.6. The molecule has 0 saturated carbocycles. The summed E-state index contributed by atoms with van der Waals surface area (Å²) in [6, 6.07) is -0.737. The molecule has 8 nitrogen and oxygen atoms in total. The van der Waals surface area contributed by atoms with Crippen LogP contribution < -0.4 is 0 Å². The molecule has 1 heterocycles. The second kappa shape index (κ2) is 21.0. The fourth-order valence-electron chi connectivity index (χ4n) is 5.11. The van der Waals surface area contributed by atoms with Crippen LogP contribution in [-0.2, 0) is 9.59 Å². The molecule has 0 amide bonds. The first-order valence-corrected chi connectivity index (χ1v) is 15.4. The monoisotopic (exact) mass is 555 g/mol. The van der Waals surface area contributed by atoms with E-state index in [-0.39, 0.29) is 11.0 Å². The Morgan fingerprint density at radius 3 is 1.51 bits per heavy atom. The largest absolute Gasteiger partial charge is 0.477 e. The zero-order valence-corrected chi connectivity index (χ0v) is 26.0. The van der Waals surface area contributed by atoms with Crippen molar-refractivity contribution < 1.29 is 33.9 Å². The summed E-state index contributed by atoms with van der Waals surface area (Å²) in [4.78, 5) is 26.0. The number of likely N-dealkylation sites (N-methyl/N-ethyl adjacent to an activating group) is 1. The smallest absolute Gasteiger partial charge is 0.363 e. The van der Waals surface area contributed by atoms with Crippen molar-refractivity contribution in [1.82, 2.24) is 0 Å². The van der Waals surface area contributed by atoms with E-state index in [9.17, 15) is 19.8 Å². The molecule has 0 aliphatic carbocycles. The van der Waals surface area contributed by atoms with E-state index in [1.807, 2.05) is 21.1 Å². The maximum atomic E-state index is 11.5. The number of hydrogen-bond donors (Lipinski definition) is 3. The minimum atomic E-state index is -0.910. The van der Waals surface area contributed by atoms with Crippen LogP contribution in [0.4, 0.5) is 0 Å². The average molecular weight is 556 g/mol. The molecule has 0 bridgehead atoms. The Hall–Kier alpha value is -1.77. The number of hydrogen-bond acceptors (Lipinski definition) is 4. The fourth-order valence-corrected chi connectivity index (χ4v) is 5.11. The molecule has 0 radical (unpaired) electrons. The maximum absolute atomic E-state index is 11.5. The van der Waals surface area contributed by atoms with Gasteiger partial charge in [-0.1, -0.05) is 103 Å². The lowest BCUT2D eigenvalue weighted by Gasteiger charge is -2.38. The topological polar surface area (TPSA) is 107 Å². The molecule has 8 heteroatoms. The second-order valence-corrected chi connectivity index (χ2v) is 12.2. The van der Waals surface area contributed by atoms with E-state index < -0.39 is 24.2 Å². The Bertz CT molecular complexity index is 730. The predicted molar refractivity (Wildman–Crippen MR) is 160 cm³/mol. The van der Waals surface area contributed by atoms with Crippen molar-refractivity contribution in [1.29, 1.82) is 0 Å². The molecule has 0 spiro atoms. The molecule has 1 aliphatic heterocycles. The Morgan fingerprint density at radius 1 is 0.795 bits per heavy atom. The van der Waals surface area contributed by atoms with E-state index >= 15 is 0 Å². The van der Waals surface area contributed by atoms with E-state index in [1.165, 1.54) is 89.9 Å². The lowest BCUT2D eigenvalue weighted by Crippen LogP contribution is -2.60. The van der Waals surface area contributed by atoms with Crippen LogP contribution in [0.3, 0.4) is 0 Å². The van der Waals surface area contributed by atoms with E-state index in [2.05, 4.69) is 11.9 Å². The number of aliphatic imine (C=N–C) groups is 1. The van der Waals surface area contributed by atoms with Crippen LogP contribution in [0, 0.1) is 0 Å². The first-order valence-electron chi connectivity index (χ1n) is 15.4. The van der Waals surface area contributed by atoms with Gasteiger partial charge in [0.1, 0.15) is 6.20 Å². The Balaban J connectivity index is 0.00000156. The summed E-state index contributed by atoms with van der Waals surface area (Å²) in [5.74, 6) is -0.889. The van der Waals surface area contributed by atoms with Gasteiger partial charge in [-0.3, -0.25) is 0 Å². The minimum absolute atomic E-state index is 0.0614. The Kier molecular flexibility index (Phi) is 20.1. The standard InChI is InChI=1S/C26H48N2O3.C5H11NO2/c1-4-5-6-7-8-9-10-11-12-13-14-15-16-17-18-19-20-25-27-21-22-28(25,24(3)29)23(2)26(30)31;1-6(2,3)4-5(7)8/h21-24,29H,4-20H2,1-3H3;4H2,1-3H3/p+2. The summed E-state index contributed by atoms with van der Waals surface area (Å²) in [5, 5.41) is 28.0. The zero-order valence-electron chi connectivity index (χ0n) is 26.0. The van der Waals surface area contributed by atoms with Crippen LogP contribution in [0.1, 0.15) is 130 Å². The van der Waals surface area contributed by atoms with E-state index in [4.69, 9.17) is 5.11 Å². The maximum Gasteiger partial charge on any atom is 0.363 e. The lowest BCUT2D eigenvalue weighted by molar-refractivity contribution is -0.862. The van der Waals surface area contributed by atoms with Gasteiger partial charge >= 0.3 is 11.9 Å². The average Bonchev–Trinajstić information content (AvgIpc) is 3.27. The molecule has 3 N–H and O–H groups in total. The minimum Gasteiger partial charge on any atom is -0.477 e. The summed E-state index contributed by atoms with van der Waals surface area (Å²) < 4.78 is 0.420. The van der Waals surface area contributed by atoms with Crippen molar-refractivity contribution >= 4 is 17.8 Å². The second-order valence-electron chi connectivity index (χ2n) is 12.2. The van der Waals surface area contributed by atoms with E-state index in [1.54, 1.807) is 26.2 Å². The SMILES string of the molecule is CCCCCCCCCCCCCCCCCCC1=NC=C[N+]1(C(C)O)C(C)C(=O)O.C[N+](C)(C)CC(=O)O. The van der Waals surface area contributed by atoms with Crippen LogP contribution in [-0.4, -0.2) is 82.0 Å². The summed E-state index contributed by atoms with van der Waals surface area (Å²) in [7, 11) is 5.52. The molecular formula is C31H61N3O5+2. The molecule has 3 atom stereocenters. The van der Waals surface area contributed by atoms with Gasteiger partial charge in [0.15, 0.2) is 18.8 Å². The fraction of sp³-hybridized carbons (Fsp3) is 0.839. The molecule has 0 aromatic heterocycles. The summed E-state index contributed by atoms with van der Waals surface area (Å²) in [6.45, 7) is 5.75. The highest BCUT2D eigenvalue weighted by Crippen LogP contribution is 2.28. The van der Waals surface area contributed by atoms with Gasteiger partial charge in [0, 0.05) is 13.3 Å². The van der Waals surface area contributed by atoms with Crippen molar-refractivity contribution in [3.8, 4) is 0 Å². The van der Waals surface area contributed by atoms with Crippen molar-refractivity contribution in [2.75, 3.05) is 27.7 Å². The molecule has 39 heavy (non-hydrogen) atoms. The zero-order chi connectivity index (χ0) is 29.7. The molecule has 3 unspecified atom stereocenters. The number of carboxylic acid groups (broad SMARTS) is 2. The van der Waals surface area contributed by atoms with Gasteiger partial charge in [0.05, 0.1) is 27.3 Å². The quantitative estimate of drug-likeness (QED) is 0.0992. The first-order chi connectivity index (χ1) is 18.4. The van der Waals surface area contributed by atoms with Crippen LogP contribution in [0.15, 0.2) is 17.4 Å². The number of aliphatic carboxylic acids is 2. The number of amidine groups is 1. The van der Waals surface area contributed by atoms with Gasteiger partial charge in [-0.2, -0.15) is 0 Å². The third-order valence-corrected chi connectivity index (χ3v) is 7.46. The molecule has 1 rings (SSSR count). The molecule has 0 fully saturated rings. The lowest BCUT2D eigenvalue weighted by atomic mass is 10.0. The molecule has 0 aromatic rings. The molecular weight excluding hydrogens is 494 g/mol. The van der Waals surface area contributed by atoms with Gasteiger partial charge < -0.3 is 19.8 Å². The number of carbonyl (C=O) groups is 2. The van der Waals surface area contributed by atoms with Crippen LogP contribution in [0.25, 0.3) is 0 Å². The predicted octanol–water partition coefficient (Wildman–Crippen LogP) is 6.93. The van der Waals surface area contributed by atoms with Crippen LogP contribution >= 0.6 is 0 Å². The van der Waals surface area contributed by atoms with Gasteiger partial charge in [-0.25, -0.2) is 19.1 Å². The number of quaternary nitrogens is 2. The Morgan fingerprint density at radius 2 is 1.21 bits per heavy atom. The van der Waals surface area contributed by atoms with Gasteiger partial charge in [-0.05, 0) is 13.3 Å². The molecule has 1 aliphatic rings. The molecule has 228 valence electrons. The van der Waals surface area contributed by atoms with E-state index in [0.29, 0.717) is 4.48 Å². The van der Waals surface area contributed by atoms with Crippen molar-refractivity contribution in [3.63, 3.8) is 0 Å². The summed E-state index contributed by atoms with van der Waals surface area (Å²) >= 11 is 0. The first kappa shape index (κ1) is 37.2. The van der Waals surface area contributed by atoms with Gasteiger partial charge in [0.25, 0.3) is 0 Å². The van der Waals surface area contributed by atoms with Crippen molar-refractivity contribution in [2.24, 2.45) is 4.99 Å². The molecule has 0 saturated heterocycles. The third kappa shape index (κ3) is 16.8.